The second-order valence-electron chi connectivity index (χ2n) is 6.08. The van der Waals surface area contributed by atoms with Crippen molar-refractivity contribution in [1.29, 1.82) is 0 Å². The van der Waals surface area contributed by atoms with E-state index in [1.807, 2.05) is 6.20 Å². The number of hydrogen-bond donors (Lipinski definition) is 1. The van der Waals surface area contributed by atoms with Gasteiger partial charge in [-0.15, -0.1) is 0 Å². The highest BCUT2D eigenvalue weighted by Crippen LogP contribution is 2.26. The number of hydrogen-bond acceptors (Lipinski definition) is 3. The van der Waals surface area contributed by atoms with E-state index >= 15 is 0 Å². The molecular formula is C16H27N3. The standard InChI is InChI=1S/C16H27N3/c1-5-17-14(4)15-6-7-18-16(9-15)19-10-12(2)8-13(3)11-19/h6-7,9,12-14,17H,5,8,10-11H2,1-4H3. The zero-order valence-electron chi connectivity index (χ0n) is 12.7. The Hall–Kier alpha value is -1.09. The maximum absolute atomic E-state index is 4.57. The van der Waals surface area contributed by atoms with Gasteiger partial charge >= 0.3 is 0 Å². The molecule has 1 N–H and O–H groups in total. The summed E-state index contributed by atoms with van der Waals surface area (Å²) in [7, 11) is 0. The summed E-state index contributed by atoms with van der Waals surface area (Å²) in [5.41, 5.74) is 1.33. The molecule has 0 saturated carbocycles. The highest BCUT2D eigenvalue weighted by molar-refractivity contribution is 5.42. The molecule has 3 atom stereocenters. The highest BCUT2D eigenvalue weighted by atomic mass is 15.2. The molecule has 2 heterocycles. The quantitative estimate of drug-likeness (QED) is 0.902. The summed E-state index contributed by atoms with van der Waals surface area (Å²) in [4.78, 5) is 7.02. The van der Waals surface area contributed by atoms with E-state index in [2.05, 4.69) is 55.0 Å². The molecule has 3 heteroatoms. The lowest BCUT2D eigenvalue weighted by molar-refractivity contribution is 0.355. The molecule has 1 aromatic heterocycles. The first kappa shape index (κ1) is 14.3. The van der Waals surface area contributed by atoms with Gasteiger partial charge in [0.25, 0.3) is 0 Å². The molecule has 0 bridgehead atoms. The Morgan fingerprint density at radius 1 is 1.37 bits per heavy atom. The summed E-state index contributed by atoms with van der Waals surface area (Å²) < 4.78 is 0. The van der Waals surface area contributed by atoms with Gasteiger partial charge in [-0.05, 0) is 49.4 Å². The van der Waals surface area contributed by atoms with Crippen molar-refractivity contribution in [3.63, 3.8) is 0 Å². The van der Waals surface area contributed by atoms with E-state index in [9.17, 15) is 0 Å². The maximum Gasteiger partial charge on any atom is 0.128 e. The molecule has 1 aromatic rings. The molecular weight excluding hydrogens is 234 g/mol. The minimum atomic E-state index is 0.395. The molecule has 3 nitrogen and oxygen atoms in total. The van der Waals surface area contributed by atoms with E-state index in [-0.39, 0.29) is 0 Å². The van der Waals surface area contributed by atoms with Crippen LogP contribution in [-0.4, -0.2) is 24.6 Å². The van der Waals surface area contributed by atoms with Gasteiger partial charge in [0.2, 0.25) is 0 Å². The van der Waals surface area contributed by atoms with Crippen molar-refractivity contribution in [3.05, 3.63) is 23.9 Å². The molecule has 1 aliphatic rings. The molecule has 3 unspecified atom stereocenters. The predicted octanol–water partition coefficient (Wildman–Crippen LogP) is 3.23. The molecule has 0 aliphatic carbocycles. The van der Waals surface area contributed by atoms with Crippen molar-refractivity contribution in [2.24, 2.45) is 11.8 Å². The van der Waals surface area contributed by atoms with Crippen LogP contribution in [0.25, 0.3) is 0 Å². The number of anilines is 1. The van der Waals surface area contributed by atoms with Crippen LogP contribution < -0.4 is 10.2 Å². The minimum absolute atomic E-state index is 0.395. The Kier molecular flexibility index (Phi) is 4.81. The van der Waals surface area contributed by atoms with Crippen LogP contribution in [-0.2, 0) is 0 Å². The average Bonchev–Trinajstić information content (AvgIpc) is 2.38. The molecule has 1 aliphatic heterocycles. The van der Waals surface area contributed by atoms with Crippen molar-refractivity contribution in [1.82, 2.24) is 10.3 Å². The van der Waals surface area contributed by atoms with E-state index in [4.69, 9.17) is 0 Å². The summed E-state index contributed by atoms with van der Waals surface area (Å²) in [6, 6.07) is 4.76. The molecule has 106 valence electrons. The maximum atomic E-state index is 4.57. The van der Waals surface area contributed by atoms with Crippen LogP contribution in [0, 0.1) is 11.8 Å². The van der Waals surface area contributed by atoms with Gasteiger partial charge in [0, 0.05) is 25.3 Å². The third-order valence-electron chi connectivity index (χ3n) is 3.97. The van der Waals surface area contributed by atoms with Gasteiger partial charge in [0.05, 0.1) is 0 Å². The number of piperidine rings is 1. The SMILES string of the molecule is CCNC(C)c1ccnc(N2CC(C)CC(C)C2)c1. The summed E-state index contributed by atoms with van der Waals surface area (Å²) in [6.45, 7) is 12.3. The van der Waals surface area contributed by atoms with Crippen molar-refractivity contribution in [2.75, 3.05) is 24.5 Å². The Morgan fingerprint density at radius 2 is 2.05 bits per heavy atom. The van der Waals surface area contributed by atoms with E-state index < -0.39 is 0 Å². The Balaban J connectivity index is 2.13. The van der Waals surface area contributed by atoms with Crippen molar-refractivity contribution in [3.8, 4) is 0 Å². The number of nitrogens with one attached hydrogen (secondary N) is 1. The summed E-state index contributed by atoms with van der Waals surface area (Å²) in [6.07, 6.45) is 3.28. The van der Waals surface area contributed by atoms with Crippen molar-refractivity contribution < 1.29 is 0 Å². The van der Waals surface area contributed by atoms with Crippen LogP contribution in [0.5, 0.6) is 0 Å². The fourth-order valence-electron chi connectivity index (χ4n) is 3.15. The molecule has 0 amide bonds. The van der Waals surface area contributed by atoms with Crippen molar-refractivity contribution in [2.45, 2.75) is 40.2 Å². The zero-order valence-corrected chi connectivity index (χ0v) is 12.7. The fraction of sp³-hybridized carbons (Fsp3) is 0.688. The molecule has 0 aromatic carbocycles. The Bertz CT molecular complexity index is 395. The van der Waals surface area contributed by atoms with E-state index in [1.54, 1.807) is 0 Å². The average molecular weight is 261 g/mol. The summed E-state index contributed by atoms with van der Waals surface area (Å²) in [5, 5.41) is 3.46. The highest BCUT2D eigenvalue weighted by Gasteiger charge is 2.23. The van der Waals surface area contributed by atoms with Crippen LogP contribution in [0.15, 0.2) is 18.3 Å². The van der Waals surface area contributed by atoms with E-state index in [0.717, 1.165) is 37.3 Å². The Morgan fingerprint density at radius 3 is 2.68 bits per heavy atom. The second kappa shape index (κ2) is 6.38. The lowest BCUT2D eigenvalue weighted by atomic mass is 9.92. The molecule has 1 fully saturated rings. The topological polar surface area (TPSA) is 28.2 Å². The monoisotopic (exact) mass is 261 g/mol. The lowest BCUT2D eigenvalue weighted by Crippen LogP contribution is -2.39. The number of nitrogens with zero attached hydrogens (tertiary/aromatic N) is 2. The predicted molar refractivity (Wildman–Crippen MR) is 81.5 cm³/mol. The van der Waals surface area contributed by atoms with Crippen LogP contribution in [0.4, 0.5) is 5.82 Å². The van der Waals surface area contributed by atoms with Gasteiger partial charge in [-0.25, -0.2) is 4.98 Å². The van der Waals surface area contributed by atoms with E-state index in [1.165, 1.54) is 12.0 Å². The van der Waals surface area contributed by atoms with Gasteiger partial charge < -0.3 is 10.2 Å². The lowest BCUT2D eigenvalue weighted by Gasteiger charge is -2.36. The minimum Gasteiger partial charge on any atom is -0.356 e. The molecule has 0 radical (unpaired) electrons. The number of pyridine rings is 1. The first-order chi connectivity index (χ1) is 9.10. The third kappa shape index (κ3) is 3.69. The van der Waals surface area contributed by atoms with Gasteiger partial charge in [0.15, 0.2) is 0 Å². The fourth-order valence-corrected chi connectivity index (χ4v) is 3.15. The summed E-state index contributed by atoms with van der Waals surface area (Å²) >= 11 is 0. The van der Waals surface area contributed by atoms with Gasteiger partial charge in [-0.1, -0.05) is 20.8 Å². The molecule has 19 heavy (non-hydrogen) atoms. The number of rotatable bonds is 4. The van der Waals surface area contributed by atoms with Crippen molar-refractivity contribution >= 4 is 5.82 Å². The van der Waals surface area contributed by atoms with Crippen LogP contribution >= 0.6 is 0 Å². The van der Waals surface area contributed by atoms with E-state index in [0.29, 0.717) is 6.04 Å². The van der Waals surface area contributed by atoms with Gasteiger partial charge in [0.1, 0.15) is 5.82 Å². The molecule has 1 saturated heterocycles. The van der Waals surface area contributed by atoms with Gasteiger partial charge in [-0.2, -0.15) is 0 Å². The second-order valence-corrected chi connectivity index (χ2v) is 6.08. The third-order valence-corrected chi connectivity index (χ3v) is 3.97. The van der Waals surface area contributed by atoms with Crippen LogP contribution in [0.1, 0.15) is 45.7 Å². The number of aromatic nitrogens is 1. The first-order valence-electron chi connectivity index (χ1n) is 7.54. The van der Waals surface area contributed by atoms with Crippen LogP contribution in [0.3, 0.4) is 0 Å². The molecule has 2 rings (SSSR count). The Labute approximate surface area is 117 Å². The summed E-state index contributed by atoms with van der Waals surface area (Å²) in [5.74, 6) is 2.67. The largest absolute Gasteiger partial charge is 0.356 e. The normalized spacial score (nSPS) is 25.4. The molecule has 0 spiro atoms. The zero-order chi connectivity index (χ0) is 13.8. The van der Waals surface area contributed by atoms with Crippen LogP contribution in [0.2, 0.25) is 0 Å². The first-order valence-corrected chi connectivity index (χ1v) is 7.54. The smallest absolute Gasteiger partial charge is 0.128 e. The van der Waals surface area contributed by atoms with Gasteiger partial charge in [-0.3, -0.25) is 0 Å².